The largest absolute Gasteiger partial charge is 0.314 e. The van der Waals surface area contributed by atoms with Crippen molar-refractivity contribution in [3.63, 3.8) is 0 Å². The molecule has 1 atom stereocenters. The maximum absolute atomic E-state index is 6.08. The van der Waals surface area contributed by atoms with E-state index < -0.39 is 0 Å². The molecule has 0 saturated carbocycles. The van der Waals surface area contributed by atoms with Crippen LogP contribution in [0.3, 0.4) is 0 Å². The highest BCUT2D eigenvalue weighted by atomic mass is 35.5. The van der Waals surface area contributed by atoms with Crippen LogP contribution in [0.5, 0.6) is 0 Å². The molecule has 0 spiro atoms. The summed E-state index contributed by atoms with van der Waals surface area (Å²) in [5.74, 6) is 0. The Morgan fingerprint density at radius 1 is 1.44 bits per heavy atom. The molecule has 0 bridgehead atoms. The van der Waals surface area contributed by atoms with Gasteiger partial charge in [0.2, 0.25) is 0 Å². The first-order valence-electron chi connectivity index (χ1n) is 5.81. The average molecular weight is 238 g/mol. The third-order valence-electron chi connectivity index (χ3n) is 2.65. The lowest BCUT2D eigenvalue weighted by Crippen LogP contribution is -2.27. The molecular formula is C14H20ClN. The van der Waals surface area contributed by atoms with E-state index >= 15 is 0 Å². The van der Waals surface area contributed by atoms with Gasteiger partial charge in [0.1, 0.15) is 0 Å². The summed E-state index contributed by atoms with van der Waals surface area (Å²) in [6, 6.07) is 8.56. The summed E-state index contributed by atoms with van der Waals surface area (Å²) >= 11 is 6.08. The van der Waals surface area contributed by atoms with Gasteiger partial charge in [-0.05, 0) is 44.4 Å². The van der Waals surface area contributed by atoms with Gasteiger partial charge in [-0.25, -0.2) is 0 Å². The first-order valence-corrected chi connectivity index (χ1v) is 6.19. The van der Waals surface area contributed by atoms with Gasteiger partial charge in [-0.3, -0.25) is 0 Å². The summed E-state index contributed by atoms with van der Waals surface area (Å²) in [4.78, 5) is 0. The molecule has 1 rings (SSSR count). The normalized spacial score (nSPS) is 12.4. The van der Waals surface area contributed by atoms with Gasteiger partial charge in [-0.1, -0.05) is 35.9 Å². The maximum atomic E-state index is 6.08. The van der Waals surface area contributed by atoms with Crippen molar-refractivity contribution in [1.82, 2.24) is 5.32 Å². The van der Waals surface area contributed by atoms with Gasteiger partial charge in [0.25, 0.3) is 0 Å². The van der Waals surface area contributed by atoms with Gasteiger partial charge in [-0.2, -0.15) is 0 Å². The Labute approximate surface area is 104 Å². The second-order valence-electron chi connectivity index (χ2n) is 4.06. The molecule has 0 aliphatic rings. The number of hydrogen-bond acceptors (Lipinski definition) is 1. The third kappa shape index (κ3) is 4.82. The van der Waals surface area contributed by atoms with Crippen LogP contribution in [-0.4, -0.2) is 12.6 Å². The Hall–Kier alpha value is -0.790. The molecule has 0 radical (unpaired) electrons. The first kappa shape index (κ1) is 13.3. The fraction of sp³-hybridized carbons (Fsp3) is 0.429. The van der Waals surface area contributed by atoms with Crippen molar-refractivity contribution in [2.24, 2.45) is 0 Å². The van der Waals surface area contributed by atoms with Gasteiger partial charge in [-0.15, -0.1) is 6.58 Å². The summed E-state index contributed by atoms with van der Waals surface area (Å²) in [6.45, 7) is 6.91. The van der Waals surface area contributed by atoms with Crippen LogP contribution >= 0.6 is 11.6 Å². The number of rotatable bonds is 7. The Morgan fingerprint density at radius 3 is 2.88 bits per heavy atom. The fourth-order valence-corrected chi connectivity index (χ4v) is 1.85. The van der Waals surface area contributed by atoms with Gasteiger partial charge in [0.05, 0.1) is 0 Å². The molecule has 1 nitrogen and oxygen atoms in total. The van der Waals surface area contributed by atoms with E-state index in [9.17, 15) is 0 Å². The van der Waals surface area contributed by atoms with E-state index in [0.29, 0.717) is 6.04 Å². The number of allylic oxidation sites excluding steroid dienone is 1. The van der Waals surface area contributed by atoms with Crippen molar-refractivity contribution >= 4 is 11.6 Å². The number of hydrogen-bond donors (Lipinski definition) is 1. The first-order chi connectivity index (χ1) is 7.74. The quantitative estimate of drug-likeness (QED) is 0.711. The Kier molecular flexibility index (Phi) is 6.20. The number of benzene rings is 1. The minimum Gasteiger partial charge on any atom is -0.314 e. The summed E-state index contributed by atoms with van der Waals surface area (Å²) < 4.78 is 0. The molecule has 0 aromatic heterocycles. The molecule has 1 aromatic carbocycles. The minimum atomic E-state index is 0.542. The zero-order valence-corrected chi connectivity index (χ0v) is 10.6. The van der Waals surface area contributed by atoms with E-state index in [0.717, 1.165) is 30.8 Å². The van der Waals surface area contributed by atoms with Crippen molar-refractivity contribution < 1.29 is 0 Å². The fourth-order valence-electron chi connectivity index (χ4n) is 1.62. The smallest absolute Gasteiger partial charge is 0.0438 e. The molecule has 1 aromatic rings. The molecule has 0 saturated heterocycles. The number of halogens is 1. The van der Waals surface area contributed by atoms with E-state index in [2.05, 4.69) is 24.9 Å². The lowest BCUT2D eigenvalue weighted by atomic mass is 10.1. The van der Waals surface area contributed by atoms with E-state index in [4.69, 9.17) is 11.6 Å². The molecule has 1 N–H and O–H groups in total. The second-order valence-corrected chi connectivity index (χ2v) is 4.47. The molecule has 0 aliphatic carbocycles. The summed E-state index contributed by atoms with van der Waals surface area (Å²) in [6.07, 6.45) is 5.16. The Morgan fingerprint density at radius 2 is 2.19 bits per heavy atom. The van der Waals surface area contributed by atoms with E-state index in [1.165, 1.54) is 5.56 Å². The van der Waals surface area contributed by atoms with Gasteiger partial charge < -0.3 is 5.32 Å². The summed E-state index contributed by atoms with van der Waals surface area (Å²) in [5.41, 5.74) is 1.22. The van der Waals surface area contributed by atoms with Crippen LogP contribution in [0, 0.1) is 0 Å². The van der Waals surface area contributed by atoms with Crippen molar-refractivity contribution in [3.8, 4) is 0 Å². The predicted molar refractivity (Wildman–Crippen MR) is 72.1 cm³/mol. The minimum absolute atomic E-state index is 0.542. The maximum Gasteiger partial charge on any atom is 0.0438 e. The lowest BCUT2D eigenvalue weighted by Gasteiger charge is -2.12. The van der Waals surface area contributed by atoms with Crippen LogP contribution in [-0.2, 0) is 6.42 Å². The number of nitrogens with one attached hydrogen (secondary N) is 1. The molecule has 0 aliphatic heterocycles. The van der Waals surface area contributed by atoms with Gasteiger partial charge in [0.15, 0.2) is 0 Å². The van der Waals surface area contributed by atoms with Crippen molar-refractivity contribution in [2.45, 2.75) is 32.2 Å². The van der Waals surface area contributed by atoms with Gasteiger partial charge >= 0.3 is 0 Å². The van der Waals surface area contributed by atoms with Crippen molar-refractivity contribution in [1.29, 1.82) is 0 Å². The Bertz CT molecular complexity index is 322. The highest BCUT2D eigenvalue weighted by Crippen LogP contribution is 2.14. The highest BCUT2D eigenvalue weighted by molar-refractivity contribution is 6.31. The molecule has 0 amide bonds. The molecule has 1 unspecified atom stereocenters. The average Bonchev–Trinajstić information content (AvgIpc) is 2.29. The van der Waals surface area contributed by atoms with Gasteiger partial charge in [0, 0.05) is 11.1 Å². The second kappa shape index (κ2) is 7.48. The molecular weight excluding hydrogens is 218 g/mol. The lowest BCUT2D eigenvalue weighted by molar-refractivity contribution is 0.521. The topological polar surface area (TPSA) is 12.0 Å². The molecule has 16 heavy (non-hydrogen) atoms. The third-order valence-corrected chi connectivity index (χ3v) is 3.02. The summed E-state index contributed by atoms with van der Waals surface area (Å²) in [5, 5.41) is 4.35. The SMILES string of the molecule is C=CCCC(C)NCCc1ccccc1Cl. The highest BCUT2D eigenvalue weighted by Gasteiger charge is 2.01. The zero-order valence-electron chi connectivity index (χ0n) is 9.88. The zero-order chi connectivity index (χ0) is 11.8. The molecule has 0 fully saturated rings. The van der Waals surface area contributed by atoms with E-state index in [-0.39, 0.29) is 0 Å². The van der Waals surface area contributed by atoms with Crippen molar-refractivity contribution in [3.05, 3.63) is 47.5 Å². The predicted octanol–water partition coefficient (Wildman–Crippen LogP) is 3.83. The van der Waals surface area contributed by atoms with Crippen LogP contribution in [0.1, 0.15) is 25.3 Å². The monoisotopic (exact) mass is 237 g/mol. The molecule has 88 valence electrons. The van der Waals surface area contributed by atoms with Crippen LogP contribution in [0.4, 0.5) is 0 Å². The van der Waals surface area contributed by atoms with E-state index in [1.807, 2.05) is 24.3 Å². The molecule has 0 heterocycles. The van der Waals surface area contributed by atoms with E-state index in [1.54, 1.807) is 0 Å². The molecule has 2 heteroatoms. The standard InChI is InChI=1S/C14H20ClN/c1-3-4-7-12(2)16-11-10-13-8-5-6-9-14(13)15/h3,5-6,8-9,12,16H,1,4,7,10-11H2,2H3. The van der Waals surface area contributed by atoms with Crippen LogP contribution in [0.15, 0.2) is 36.9 Å². The summed E-state index contributed by atoms with van der Waals surface area (Å²) in [7, 11) is 0. The van der Waals surface area contributed by atoms with Crippen molar-refractivity contribution in [2.75, 3.05) is 6.54 Å². The van der Waals surface area contributed by atoms with Crippen LogP contribution in [0.25, 0.3) is 0 Å². The van der Waals surface area contributed by atoms with Crippen LogP contribution in [0.2, 0.25) is 5.02 Å². The van der Waals surface area contributed by atoms with Crippen LogP contribution < -0.4 is 5.32 Å². The Balaban J connectivity index is 2.25.